The van der Waals surface area contributed by atoms with Crippen molar-refractivity contribution in [2.24, 2.45) is 0 Å². The largest absolute Gasteiger partial charge is 0.337 e. The van der Waals surface area contributed by atoms with Crippen LogP contribution < -0.4 is 0 Å². The van der Waals surface area contributed by atoms with Gasteiger partial charge in [-0.15, -0.1) is 0 Å². The Morgan fingerprint density at radius 2 is 2.00 bits per heavy atom. The summed E-state index contributed by atoms with van der Waals surface area (Å²) in [5.74, 6) is 0.555. The molecule has 1 saturated carbocycles. The normalized spacial score (nSPS) is 18.6. The highest BCUT2D eigenvalue weighted by molar-refractivity contribution is 7.71. The minimum Gasteiger partial charge on any atom is -0.337 e. The predicted molar refractivity (Wildman–Crippen MR) is 65.8 cm³/mol. The Labute approximate surface area is 96.7 Å². The molecule has 2 rings (SSSR count). The van der Waals surface area contributed by atoms with E-state index >= 15 is 0 Å². The van der Waals surface area contributed by atoms with Crippen molar-refractivity contribution in [2.45, 2.75) is 57.9 Å². The van der Waals surface area contributed by atoms with E-state index in [1.165, 1.54) is 37.8 Å². The number of hydrogen-bond acceptors (Lipinski definition) is 1. The van der Waals surface area contributed by atoms with E-state index in [0.29, 0.717) is 12.0 Å². The van der Waals surface area contributed by atoms with Crippen molar-refractivity contribution < 1.29 is 0 Å². The summed E-state index contributed by atoms with van der Waals surface area (Å²) in [5.41, 5.74) is 1.37. The number of imidazole rings is 1. The molecule has 0 aromatic carbocycles. The maximum Gasteiger partial charge on any atom is 0.177 e. The Hall–Kier alpha value is -0.570. The van der Waals surface area contributed by atoms with Crippen molar-refractivity contribution in [3.63, 3.8) is 0 Å². The Kier molecular flexibility index (Phi) is 3.29. The molecule has 1 fully saturated rings. The van der Waals surface area contributed by atoms with Gasteiger partial charge < -0.3 is 9.55 Å². The van der Waals surface area contributed by atoms with E-state index in [4.69, 9.17) is 12.2 Å². The van der Waals surface area contributed by atoms with Crippen molar-refractivity contribution in [3.05, 3.63) is 16.7 Å². The van der Waals surface area contributed by atoms with Gasteiger partial charge in [0.15, 0.2) is 4.77 Å². The molecule has 0 spiro atoms. The maximum absolute atomic E-state index is 5.38. The summed E-state index contributed by atoms with van der Waals surface area (Å²) in [6, 6.07) is 0.648. The third-order valence-corrected chi connectivity index (χ3v) is 3.69. The summed E-state index contributed by atoms with van der Waals surface area (Å²) in [6.07, 6.45) is 8.79. The Bertz CT molecular complexity index is 369. The molecule has 15 heavy (non-hydrogen) atoms. The van der Waals surface area contributed by atoms with Crippen molar-refractivity contribution in [2.75, 3.05) is 0 Å². The average Bonchev–Trinajstić information content (AvgIpc) is 2.61. The van der Waals surface area contributed by atoms with Crippen molar-refractivity contribution >= 4 is 12.2 Å². The molecule has 1 aromatic heterocycles. The van der Waals surface area contributed by atoms with E-state index in [2.05, 4.69) is 29.6 Å². The monoisotopic (exact) mass is 224 g/mol. The molecule has 0 unspecified atom stereocenters. The molecule has 2 nitrogen and oxygen atoms in total. The number of H-pyrrole nitrogens is 1. The summed E-state index contributed by atoms with van der Waals surface area (Å²) >= 11 is 5.38. The van der Waals surface area contributed by atoms with E-state index in [0.717, 1.165) is 4.77 Å². The first-order valence-corrected chi connectivity index (χ1v) is 6.41. The third kappa shape index (κ3) is 2.17. The molecule has 1 aliphatic carbocycles. The van der Waals surface area contributed by atoms with Crippen LogP contribution in [0.3, 0.4) is 0 Å². The van der Waals surface area contributed by atoms with Crippen LogP contribution in [0.15, 0.2) is 6.20 Å². The minimum absolute atomic E-state index is 0.555. The summed E-state index contributed by atoms with van der Waals surface area (Å²) in [6.45, 7) is 4.47. The smallest absolute Gasteiger partial charge is 0.177 e. The van der Waals surface area contributed by atoms with Crippen LogP contribution in [0.1, 0.15) is 63.6 Å². The van der Waals surface area contributed by atoms with Crippen LogP contribution >= 0.6 is 12.2 Å². The molecule has 0 atom stereocenters. The van der Waals surface area contributed by atoms with Crippen LogP contribution in [0.2, 0.25) is 0 Å². The Balaban J connectivity index is 2.32. The van der Waals surface area contributed by atoms with E-state index in [1.807, 2.05) is 0 Å². The van der Waals surface area contributed by atoms with Gasteiger partial charge in [-0.05, 0) is 31.0 Å². The fourth-order valence-corrected chi connectivity index (χ4v) is 2.87. The third-order valence-electron chi connectivity index (χ3n) is 3.37. The number of hydrogen-bond donors (Lipinski definition) is 1. The maximum atomic E-state index is 5.38. The highest BCUT2D eigenvalue weighted by Crippen LogP contribution is 2.31. The molecule has 0 aliphatic heterocycles. The molecule has 1 N–H and O–H groups in total. The van der Waals surface area contributed by atoms with Crippen LogP contribution in [-0.4, -0.2) is 9.55 Å². The highest BCUT2D eigenvalue weighted by atomic mass is 32.1. The topological polar surface area (TPSA) is 20.7 Å². The molecule has 1 aromatic rings. The lowest BCUT2D eigenvalue weighted by Crippen LogP contribution is -2.15. The molecular formula is C12H20N2S. The van der Waals surface area contributed by atoms with Gasteiger partial charge in [0, 0.05) is 17.9 Å². The second-order valence-corrected chi connectivity index (χ2v) is 5.22. The van der Waals surface area contributed by atoms with Gasteiger partial charge in [-0.2, -0.15) is 0 Å². The Morgan fingerprint density at radius 1 is 1.33 bits per heavy atom. The van der Waals surface area contributed by atoms with Crippen molar-refractivity contribution in [1.29, 1.82) is 0 Å². The van der Waals surface area contributed by atoms with Crippen molar-refractivity contribution in [1.82, 2.24) is 9.55 Å². The zero-order valence-electron chi connectivity index (χ0n) is 9.62. The summed E-state index contributed by atoms with van der Waals surface area (Å²) < 4.78 is 3.27. The van der Waals surface area contributed by atoms with Gasteiger partial charge >= 0.3 is 0 Å². The van der Waals surface area contributed by atoms with Gasteiger partial charge in [0.1, 0.15) is 0 Å². The van der Waals surface area contributed by atoms with Crippen LogP contribution in [0.25, 0.3) is 0 Å². The lowest BCUT2D eigenvalue weighted by Gasteiger charge is -2.25. The number of nitrogens with zero attached hydrogens (tertiary/aromatic N) is 1. The van der Waals surface area contributed by atoms with Crippen LogP contribution in [-0.2, 0) is 0 Å². The summed E-state index contributed by atoms with van der Waals surface area (Å²) in [7, 11) is 0. The van der Waals surface area contributed by atoms with Crippen LogP contribution in [0.5, 0.6) is 0 Å². The molecule has 0 amide bonds. The molecule has 84 valence electrons. The minimum atomic E-state index is 0.555. The van der Waals surface area contributed by atoms with Gasteiger partial charge in [-0.1, -0.05) is 33.1 Å². The lowest BCUT2D eigenvalue weighted by atomic mass is 9.94. The number of aromatic amines is 1. The fourth-order valence-electron chi connectivity index (χ4n) is 2.55. The van der Waals surface area contributed by atoms with Crippen LogP contribution in [0, 0.1) is 4.77 Å². The first-order chi connectivity index (χ1) is 7.20. The Morgan fingerprint density at radius 3 is 2.60 bits per heavy atom. The van der Waals surface area contributed by atoms with Crippen LogP contribution in [0.4, 0.5) is 0 Å². The average molecular weight is 224 g/mol. The fraction of sp³-hybridized carbons (Fsp3) is 0.750. The van der Waals surface area contributed by atoms with Gasteiger partial charge in [-0.3, -0.25) is 0 Å². The molecule has 3 heteroatoms. The van der Waals surface area contributed by atoms with Crippen molar-refractivity contribution in [3.8, 4) is 0 Å². The standard InChI is InChI=1S/C12H20N2S/c1-9(2)11-8-13-12(15)14(11)10-6-4-3-5-7-10/h8-10H,3-7H2,1-2H3,(H,13,15). The predicted octanol–water partition coefficient (Wildman–Crippen LogP) is 4.17. The molecule has 1 heterocycles. The zero-order chi connectivity index (χ0) is 10.8. The quantitative estimate of drug-likeness (QED) is 0.748. The zero-order valence-corrected chi connectivity index (χ0v) is 10.4. The first-order valence-electron chi connectivity index (χ1n) is 6.00. The van der Waals surface area contributed by atoms with Gasteiger partial charge in [0.2, 0.25) is 0 Å². The van der Waals surface area contributed by atoms with E-state index in [-0.39, 0.29) is 0 Å². The number of aromatic nitrogens is 2. The first kappa shape index (κ1) is 10.9. The van der Waals surface area contributed by atoms with Gasteiger partial charge in [0.25, 0.3) is 0 Å². The SMILES string of the molecule is CC(C)c1c[nH]c(=S)n1C1CCCCC1. The summed E-state index contributed by atoms with van der Waals surface area (Å²) in [4.78, 5) is 3.19. The van der Waals surface area contributed by atoms with E-state index in [1.54, 1.807) is 0 Å². The van der Waals surface area contributed by atoms with E-state index in [9.17, 15) is 0 Å². The van der Waals surface area contributed by atoms with E-state index < -0.39 is 0 Å². The van der Waals surface area contributed by atoms with Gasteiger partial charge in [0.05, 0.1) is 0 Å². The molecule has 0 saturated heterocycles. The summed E-state index contributed by atoms with van der Waals surface area (Å²) in [5, 5.41) is 0. The van der Waals surface area contributed by atoms with Gasteiger partial charge in [-0.25, -0.2) is 0 Å². The lowest BCUT2D eigenvalue weighted by molar-refractivity contribution is 0.341. The highest BCUT2D eigenvalue weighted by Gasteiger charge is 2.19. The molecule has 0 radical (unpaired) electrons. The molecular weight excluding hydrogens is 204 g/mol. The number of nitrogens with one attached hydrogen (secondary N) is 1. The molecule has 1 aliphatic rings. The number of rotatable bonds is 2. The second kappa shape index (κ2) is 4.52. The molecule has 0 bridgehead atoms. The second-order valence-electron chi connectivity index (χ2n) is 4.84.